The van der Waals surface area contributed by atoms with E-state index in [4.69, 9.17) is 9.84 Å². The maximum absolute atomic E-state index is 10.8. The van der Waals surface area contributed by atoms with Gasteiger partial charge in [0.2, 0.25) is 0 Å². The van der Waals surface area contributed by atoms with E-state index in [0.717, 1.165) is 12.8 Å². The van der Waals surface area contributed by atoms with Gasteiger partial charge in [0.25, 0.3) is 0 Å². The van der Waals surface area contributed by atoms with Crippen molar-refractivity contribution >= 4 is 5.97 Å². The highest BCUT2D eigenvalue weighted by molar-refractivity contribution is 5.67. The van der Waals surface area contributed by atoms with Crippen molar-refractivity contribution in [1.82, 2.24) is 20.2 Å². The van der Waals surface area contributed by atoms with Crippen molar-refractivity contribution in [2.75, 3.05) is 0 Å². The lowest BCUT2D eigenvalue weighted by Gasteiger charge is -2.16. The first-order valence-electron chi connectivity index (χ1n) is 6.14. The number of aromatic nitrogens is 4. The fourth-order valence-electron chi connectivity index (χ4n) is 1.68. The van der Waals surface area contributed by atoms with Gasteiger partial charge in [0, 0.05) is 0 Å². The maximum Gasteiger partial charge on any atom is 0.305 e. The van der Waals surface area contributed by atoms with E-state index < -0.39 is 5.97 Å². The number of carboxylic acids is 1. The Hall–Kier alpha value is -1.50. The fourth-order valence-corrected chi connectivity index (χ4v) is 1.68. The predicted octanol–water partition coefficient (Wildman–Crippen LogP) is 1.41. The minimum atomic E-state index is -0.848. The molecule has 7 nitrogen and oxygen atoms in total. The zero-order valence-electron chi connectivity index (χ0n) is 11.0. The van der Waals surface area contributed by atoms with Crippen molar-refractivity contribution in [1.29, 1.82) is 0 Å². The lowest BCUT2D eigenvalue weighted by atomic mass is 10.1. The van der Waals surface area contributed by atoms with Crippen molar-refractivity contribution in [2.45, 2.75) is 58.8 Å². The van der Waals surface area contributed by atoms with Crippen LogP contribution in [0.5, 0.6) is 0 Å². The zero-order valence-corrected chi connectivity index (χ0v) is 11.0. The van der Waals surface area contributed by atoms with Gasteiger partial charge in [-0.25, -0.2) is 4.68 Å². The number of ether oxygens (including phenoxy) is 1. The molecular weight excluding hydrogens is 236 g/mol. The lowest BCUT2D eigenvalue weighted by Crippen LogP contribution is -2.19. The number of rotatable bonds is 8. The summed E-state index contributed by atoms with van der Waals surface area (Å²) in [5, 5.41) is 20.3. The Balaban J connectivity index is 2.77. The van der Waals surface area contributed by atoms with E-state index in [9.17, 15) is 4.79 Å². The third-order valence-corrected chi connectivity index (χ3v) is 2.48. The molecule has 102 valence electrons. The second-order valence-electron chi connectivity index (χ2n) is 4.44. The second kappa shape index (κ2) is 7.05. The summed E-state index contributed by atoms with van der Waals surface area (Å²) in [4.78, 5) is 10.8. The van der Waals surface area contributed by atoms with Gasteiger partial charge in [0.05, 0.1) is 18.6 Å². The summed E-state index contributed by atoms with van der Waals surface area (Å²) in [5.74, 6) is -0.275. The van der Waals surface area contributed by atoms with Crippen molar-refractivity contribution in [3.63, 3.8) is 0 Å². The summed E-state index contributed by atoms with van der Waals surface area (Å²) in [7, 11) is 0. The molecule has 0 amide bonds. The van der Waals surface area contributed by atoms with E-state index in [1.807, 2.05) is 20.8 Å². The molecule has 7 heteroatoms. The van der Waals surface area contributed by atoms with Crippen LogP contribution in [-0.4, -0.2) is 37.4 Å². The molecule has 0 fully saturated rings. The van der Waals surface area contributed by atoms with Crippen LogP contribution in [0.15, 0.2) is 0 Å². The Morgan fingerprint density at radius 1 is 1.50 bits per heavy atom. The monoisotopic (exact) mass is 256 g/mol. The molecule has 1 unspecified atom stereocenters. The van der Waals surface area contributed by atoms with Crippen LogP contribution in [0.3, 0.4) is 0 Å². The molecule has 0 aliphatic carbocycles. The molecule has 0 aliphatic heterocycles. The highest BCUT2D eigenvalue weighted by Gasteiger charge is 2.19. The summed E-state index contributed by atoms with van der Waals surface area (Å²) >= 11 is 0. The fraction of sp³-hybridized carbons (Fsp3) is 0.818. The predicted molar refractivity (Wildman–Crippen MR) is 63.9 cm³/mol. The third kappa shape index (κ3) is 4.40. The van der Waals surface area contributed by atoms with E-state index in [0.29, 0.717) is 12.4 Å². The Labute approximate surface area is 106 Å². The van der Waals surface area contributed by atoms with Crippen molar-refractivity contribution in [3.05, 3.63) is 5.82 Å². The lowest BCUT2D eigenvalue weighted by molar-refractivity contribution is -0.138. The van der Waals surface area contributed by atoms with Crippen LogP contribution >= 0.6 is 0 Å². The standard InChI is InChI=1S/C11H20N4O3/c1-4-5-9(6-11(16)17)15-10(12-13-14-15)7-18-8(2)3/h8-9H,4-7H2,1-3H3,(H,16,17). The molecule has 1 aromatic rings. The molecule has 1 N–H and O–H groups in total. The minimum Gasteiger partial charge on any atom is -0.481 e. The molecule has 0 aromatic carbocycles. The topological polar surface area (TPSA) is 90.1 Å². The Kier molecular flexibility index (Phi) is 5.70. The summed E-state index contributed by atoms with van der Waals surface area (Å²) in [5.41, 5.74) is 0. The number of tetrazole rings is 1. The number of carbonyl (C=O) groups is 1. The van der Waals surface area contributed by atoms with Crippen LogP contribution in [0.4, 0.5) is 0 Å². The van der Waals surface area contributed by atoms with Gasteiger partial charge in [-0.3, -0.25) is 4.79 Å². The molecule has 1 atom stereocenters. The van der Waals surface area contributed by atoms with Crippen LogP contribution in [0.1, 0.15) is 51.9 Å². The summed E-state index contributed by atoms with van der Waals surface area (Å²) in [6, 6.07) is -0.215. The summed E-state index contributed by atoms with van der Waals surface area (Å²) < 4.78 is 7.02. The van der Waals surface area contributed by atoms with Gasteiger partial charge >= 0.3 is 5.97 Å². The first-order valence-corrected chi connectivity index (χ1v) is 6.14. The van der Waals surface area contributed by atoms with Crippen LogP contribution in [0.2, 0.25) is 0 Å². The van der Waals surface area contributed by atoms with Crippen LogP contribution in [-0.2, 0) is 16.1 Å². The number of carboxylic acid groups (broad SMARTS) is 1. The average molecular weight is 256 g/mol. The SMILES string of the molecule is CCCC(CC(=O)O)n1nnnc1COC(C)C. The van der Waals surface area contributed by atoms with Gasteiger partial charge in [-0.05, 0) is 30.7 Å². The Morgan fingerprint density at radius 3 is 2.78 bits per heavy atom. The molecule has 0 bridgehead atoms. The van der Waals surface area contributed by atoms with E-state index in [1.54, 1.807) is 4.68 Å². The molecule has 1 rings (SSSR count). The number of hydrogen-bond donors (Lipinski definition) is 1. The van der Waals surface area contributed by atoms with Crippen molar-refractivity contribution in [3.8, 4) is 0 Å². The van der Waals surface area contributed by atoms with Gasteiger partial charge in [-0.2, -0.15) is 0 Å². The Bertz CT molecular complexity index is 378. The van der Waals surface area contributed by atoms with Crippen LogP contribution in [0.25, 0.3) is 0 Å². The number of hydrogen-bond acceptors (Lipinski definition) is 5. The molecule has 18 heavy (non-hydrogen) atoms. The highest BCUT2D eigenvalue weighted by Crippen LogP contribution is 2.18. The summed E-state index contributed by atoms with van der Waals surface area (Å²) in [6.45, 7) is 6.15. The molecule has 0 aliphatic rings. The zero-order chi connectivity index (χ0) is 13.5. The van der Waals surface area contributed by atoms with Crippen molar-refractivity contribution < 1.29 is 14.6 Å². The van der Waals surface area contributed by atoms with Gasteiger partial charge in [0.15, 0.2) is 5.82 Å². The number of aliphatic carboxylic acids is 1. The maximum atomic E-state index is 10.8. The van der Waals surface area contributed by atoms with Gasteiger partial charge < -0.3 is 9.84 Å². The smallest absolute Gasteiger partial charge is 0.305 e. The number of nitrogens with zero attached hydrogens (tertiary/aromatic N) is 4. The first-order chi connectivity index (χ1) is 8.54. The Morgan fingerprint density at radius 2 is 2.22 bits per heavy atom. The first kappa shape index (κ1) is 14.6. The molecule has 0 saturated carbocycles. The van der Waals surface area contributed by atoms with E-state index in [-0.39, 0.29) is 18.6 Å². The normalized spacial score (nSPS) is 12.9. The average Bonchev–Trinajstić information content (AvgIpc) is 2.73. The largest absolute Gasteiger partial charge is 0.481 e. The van der Waals surface area contributed by atoms with Gasteiger partial charge in [-0.15, -0.1) is 5.10 Å². The van der Waals surface area contributed by atoms with Crippen LogP contribution < -0.4 is 0 Å². The van der Waals surface area contributed by atoms with Gasteiger partial charge in [0.1, 0.15) is 6.61 Å². The molecular formula is C11H20N4O3. The molecule has 1 heterocycles. The molecule has 0 spiro atoms. The highest BCUT2D eigenvalue weighted by atomic mass is 16.5. The minimum absolute atomic E-state index is 0.0214. The van der Waals surface area contributed by atoms with E-state index in [2.05, 4.69) is 15.5 Å². The molecule has 0 radical (unpaired) electrons. The second-order valence-corrected chi connectivity index (χ2v) is 4.44. The van der Waals surface area contributed by atoms with Gasteiger partial charge in [-0.1, -0.05) is 13.3 Å². The van der Waals surface area contributed by atoms with E-state index in [1.165, 1.54) is 0 Å². The van der Waals surface area contributed by atoms with Crippen LogP contribution in [0, 0.1) is 0 Å². The van der Waals surface area contributed by atoms with Crippen molar-refractivity contribution in [2.24, 2.45) is 0 Å². The summed E-state index contributed by atoms with van der Waals surface area (Å²) in [6.07, 6.45) is 1.71. The molecule has 0 saturated heterocycles. The quantitative estimate of drug-likeness (QED) is 0.756. The van der Waals surface area contributed by atoms with E-state index >= 15 is 0 Å². The third-order valence-electron chi connectivity index (χ3n) is 2.48. The molecule has 1 aromatic heterocycles.